The standard InChI is InChI=1S/C11H14N2O2S2/c1-16-5-2-6-17(14)11-13-9-7-8(12)3-4-10(9)15-11/h3-4,7H,2,5-6,12H2,1H3. The molecule has 0 radical (unpaired) electrons. The van der Waals surface area contributed by atoms with Gasteiger partial charge < -0.3 is 10.2 Å². The van der Waals surface area contributed by atoms with Gasteiger partial charge in [0, 0.05) is 11.4 Å². The number of fused-ring (bicyclic) bond motifs is 1. The molecule has 0 aliphatic carbocycles. The number of aromatic nitrogens is 1. The maximum atomic E-state index is 11.9. The monoisotopic (exact) mass is 270 g/mol. The number of nitrogens with two attached hydrogens (primary N) is 1. The molecule has 2 N–H and O–H groups in total. The molecule has 0 saturated heterocycles. The van der Waals surface area contributed by atoms with E-state index in [9.17, 15) is 4.21 Å². The van der Waals surface area contributed by atoms with Crippen molar-refractivity contribution in [2.75, 3.05) is 23.5 Å². The molecule has 0 aliphatic heterocycles. The molecule has 1 aromatic heterocycles. The first-order valence-corrected chi connectivity index (χ1v) is 7.95. The zero-order chi connectivity index (χ0) is 12.3. The second-order valence-electron chi connectivity index (χ2n) is 3.60. The van der Waals surface area contributed by atoms with E-state index < -0.39 is 10.8 Å². The van der Waals surface area contributed by atoms with Crippen molar-refractivity contribution >= 4 is 39.3 Å². The average Bonchev–Trinajstić information content (AvgIpc) is 2.72. The molecule has 92 valence electrons. The molecule has 2 aromatic rings. The van der Waals surface area contributed by atoms with Gasteiger partial charge in [0.2, 0.25) is 0 Å². The van der Waals surface area contributed by atoms with Crippen LogP contribution < -0.4 is 5.73 Å². The highest BCUT2D eigenvalue weighted by atomic mass is 32.2. The molecule has 0 saturated carbocycles. The summed E-state index contributed by atoms with van der Waals surface area (Å²) in [7, 11) is -1.16. The molecule has 6 heteroatoms. The number of oxazole rings is 1. The third-order valence-corrected chi connectivity index (χ3v) is 4.19. The largest absolute Gasteiger partial charge is 0.430 e. The van der Waals surface area contributed by atoms with Crippen LogP contribution in [-0.4, -0.2) is 27.0 Å². The van der Waals surface area contributed by atoms with E-state index in [-0.39, 0.29) is 0 Å². The van der Waals surface area contributed by atoms with Gasteiger partial charge in [-0.1, -0.05) is 0 Å². The fourth-order valence-electron chi connectivity index (χ4n) is 1.44. The summed E-state index contributed by atoms with van der Waals surface area (Å²) in [5.74, 6) is 1.59. The molecule has 0 bridgehead atoms. The van der Waals surface area contributed by atoms with E-state index in [1.807, 2.05) is 6.26 Å². The van der Waals surface area contributed by atoms with E-state index >= 15 is 0 Å². The van der Waals surface area contributed by atoms with Crippen LogP contribution >= 0.6 is 11.8 Å². The van der Waals surface area contributed by atoms with Crippen LogP contribution in [0.4, 0.5) is 5.69 Å². The van der Waals surface area contributed by atoms with Crippen molar-refractivity contribution in [3.05, 3.63) is 18.2 Å². The highest BCUT2D eigenvalue weighted by Crippen LogP contribution is 2.20. The summed E-state index contributed by atoms with van der Waals surface area (Å²) in [6, 6.07) is 5.22. The summed E-state index contributed by atoms with van der Waals surface area (Å²) in [6.07, 6.45) is 2.93. The molecule has 0 aliphatic rings. The zero-order valence-electron chi connectivity index (χ0n) is 9.51. The van der Waals surface area contributed by atoms with Crippen molar-refractivity contribution in [1.82, 2.24) is 4.98 Å². The third kappa shape index (κ3) is 3.01. The van der Waals surface area contributed by atoms with Gasteiger partial charge in [-0.05, 0) is 36.6 Å². The maximum Gasteiger partial charge on any atom is 0.287 e. The number of nitrogen functional groups attached to an aromatic ring is 1. The lowest BCUT2D eigenvalue weighted by Gasteiger charge is -1.95. The molecule has 1 aromatic carbocycles. The Hall–Kier alpha value is -1.01. The first-order chi connectivity index (χ1) is 8.20. The van der Waals surface area contributed by atoms with E-state index in [4.69, 9.17) is 10.2 Å². The van der Waals surface area contributed by atoms with E-state index in [0.29, 0.717) is 27.8 Å². The van der Waals surface area contributed by atoms with Gasteiger partial charge in [-0.25, -0.2) is 9.19 Å². The zero-order valence-corrected chi connectivity index (χ0v) is 11.1. The van der Waals surface area contributed by atoms with Crippen molar-refractivity contribution in [1.29, 1.82) is 0 Å². The fourth-order valence-corrected chi connectivity index (χ4v) is 3.02. The smallest absolute Gasteiger partial charge is 0.287 e. The van der Waals surface area contributed by atoms with Crippen molar-refractivity contribution < 1.29 is 8.63 Å². The SMILES string of the molecule is CSCCCS(=O)c1nc2cc(N)ccc2o1. The van der Waals surface area contributed by atoms with E-state index in [1.54, 1.807) is 30.0 Å². The average molecular weight is 270 g/mol. The number of thioether (sulfide) groups is 1. The van der Waals surface area contributed by atoms with E-state index in [2.05, 4.69) is 4.98 Å². The minimum Gasteiger partial charge on any atom is -0.430 e. The van der Waals surface area contributed by atoms with Gasteiger partial charge in [-0.3, -0.25) is 0 Å². The quantitative estimate of drug-likeness (QED) is 0.666. The van der Waals surface area contributed by atoms with Crippen molar-refractivity contribution in [3.8, 4) is 0 Å². The predicted molar refractivity (Wildman–Crippen MR) is 72.7 cm³/mol. The Bertz CT molecular complexity index is 539. The molecule has 1 atom stereocenters. The summed E-state index contributed by atoms with van der Waals surface area (Å²) in [6.45, 7) is 0. The number of rotatable bonds is 5. The number of hydrogen-bond donors (Lipinski definition) is 1. The second kappa shape index (κ2) is 5.55. The van der Waals surface area contributed by atoms with E-state index in [0.717, 1.165) is 12.2 Å². The lowest BCUT2D eigenvalue weighted by molar-refractivity contribution is 0.477. The Kier molecular flexibility index (Phi) is 4.06. The van der Waals surface area contributed by atoms with Crippen molar-refractivity contribution in [2.24, 2.45) is 0 Å². The molecule has 1 heterocycles. The molecule has 0 fully saturated rings. The summed E-state index contributed by atoms with van der Waals surface area (Å²) in [4.78, 5) is 4.20. The van der Waals surface area contributed by atoms with Crippen molar-refractivity contribution in [3.63, 3.8) is 0 Å². The molecule has 0 spiro atoms. The fraction of sp³-hybridized carbons (Fsp3) is 0.364. The minimum atomic E-state index is -1.16. The molecule has 17 heavy (non-hydrogen) atoms. The van der Waals surface area contributed by atoms with Crippen LogP contribution in [0.25, 0.3) is 11.1 Å². The Balaban J connectivity index is 2.15. The van der Waals surface area contributed by atoms with Gasteiger partial charge in [0.25, 0.3) is 5.22 Å². The third-order valence-electron chi connectivity index (χ3n) is 2.26. The van der Waals surface area contributed by atoms with Gasteiger partial charge in [-0.2, -0.15) is 11.8 Å². The summed E-state index contributed by atoms with van der Waals surface area (Å²) >= 11 is 1.74. The van der Waals surface area contributed by atoms with Crippen molar-refractivity contribution in [2.45, 2.75) is 11.6 Å². The Morgan fingerprint density at radius 2 is 2.35 bits per heavy atom. The highest BCUT2D eigenvalue weighted by Gasteiger charge is 2.12. The number of hydrogen-bond acceptors (Lipinski definition) is 5. The molecular formula is C11H14N2O2S2. The van der Waals surface area contributed by atoms with Crippen LogP contribution in [0.2, 0.25) is 0 Å². The van der Waals surface area contributed by atoms with Crippen LogP contribution in [-0.2, 0) is 10.8 Å². The lowest BCUT2D eigenvalue weighted by atomic mass is 10.3. The first-order valence-electron chi connectivity index (χ1n) is 5.24. The number of nitrogens with zero attached hydrogens (tertiary/aromatic N) is 1. The van der Waals surface area contributed by atoms with Crippen LogP contribution in [0.5, 0.6) is 0 Å². The van der Waals surface area contributed by atoms with Crippen LogP contribution in [0, 0.1) is 0 Å². The minimum absolute atomic E-state index is 0.298. The first kappa shape index (κ1) is 12.4. The summed E-state index contributed by atoms with van der Waals surface area (Å²) in [5.41, 5.74) is 7.57. The maximum absolute atomic E-state index is 11.9. The normalized spacial score (nSPS) is 13.0. The highest BCUT2D eigenvalue weighted by molar-refractivity contribution is 7.98. The van der Waals surface area contributed by atoms with Crippen LogP contribution in [0.1, 0.15) is 6.42 Å². The van der Waals surface area contributed by atoms with Gasteiger partial charge >= 0.3 is 0 Å². The topological polar surface area (TPSA) is 69.1 Å². The number of anilines is 1. The Morgan fingerprint density at radius 1 is 1.53 bits per heavy atom. The van der Waals surface area contributed by atoms with Gasteiger partial charge in [0.1, 0.15) is 16.3 Å². The molecule has 0 amide bonds. The molecule has 1 unspecified atom stereocenters. The molecule has 4 nitrogen and oxygen atoms in total. The lowest BCUT2D eigenvalue weighted by Crippen LogP contribution is -1.99. The van der Waals surface area contributed by atoms with E-state index in [1.165, 1.54) is 0 Å². The van der Waals surface area contributed by atoms with Gasteiger partial charge in [-0.15, -0.1) is 0 Å². The Morgan fingerprint density at radius 3 is 3.12 bits per heavy atom. The predicted octanol–water partition coefficient (Wildman–Crippen LogP) is 2.27. The molecular weight excluding hydrogens is 256 g/mol. The van der Waals surface area contributed by atoms with Crippen LogP contribution in [0.3, 0.4) is 0 Å². The molecule has 2 rings (SSSR count). The van der Waals surface area contributed by atoms with Crippen LogP contribution in [0.15, 0.2) is 27.8 Å². The van der Waals surface area contributed by atoms with Gasteiger partial charge in [0.15, 0.2) is 5.58 Å². The van der Waals surface area contributed by atoms with Gasteiger partial charge in [0.05, 0.1) is 0 Å². The summed E-state index contributed by atoms with van der Waals surface area (Å²) < 4.78 is 17.3. The second-order valence-corrected chi connectivity index (χ2v) is 6.04. The Labute approximate surface area is 106 Å². The summed E-state index contributed by atoms with van der Waals surface area (Å²) in [5, 5.41) is 0.298. The number of benzene rings is 1.